The minimum atomic E-state index is -0.345. The Morgan fingerprint density at radius 2 is 1.58 bits per heavy atom. The standard InChI is InChI=1S/C19H29N3O2/c1-14-17(21-8-4-3-5-9-21)15(13-24-2)12-16(19(20)23)18(14)22-10-6-7-11-22/h12H,3-11,13H2,1-2H3,(H2,20,23). The summed E-state index contributed by atoms with van der Waals surface area (Å²) in [5.74, 6) is -0.345. The molecule has 2 aliphatic rings. The summed E-state index contributed by atoms with van der Waals surface area (Å²) < 4.78 is 5.42. The third-order valence-corrected chi connectivity index (χ3v) is 5.25. The monoisotopic (exact) mass is 331 g/mol. The number of hydrogen-bond donors (Lipinski definition) is 1. The van der Waals surface area contributed by atoms with Gasteiger partial charge in [0.05, 0.1) is 17.9 Å². The second kappa shape index (κ2) is 7.43. The van der Waals surface area contributed by atoms with Crippen molar-refractivity contribution in [1.29, 1.82) is 0 Å². The fourth-order valence-corrected chi connectivity index (χ4v) is 4.23. The van der Waals surface area contributed by atoms with Crippen LogP contribution in [0.2, 0.25) is 0 Å². The van der Waals surface area contributed by atoms with Crippen LogP contribution in [0, 0.1) is 6.92 Å². The zero-order chi connectivity index (χ0) is 17.1. The molecule has 0 aromatic heterocycles. The zero-order valence-corrected chi connectivity index (χ0v) is 14.9. The number of carbonyl (C=O) groups excluding carboxylic acids is 1. The van der Waals surface area contributed by atoms with Crippen molar-refractivity contribution >= 4 is 17.3 Å². The molecule has 2 N–H and O–H groups in total. The lowest BCUT2D eigenvalue weighted by Gasteiger charge is -2.35. The van der Waals surface area contributed by atoms with Crippen molar-refractivity contribution in [3.63, 3.8) is 0 Å². The summed E-state index contributed by atoms with van der Waals surface area (Å²) in [5.41, 5.74) is 10.9. The number of hydrogen-bond acceptors (Lipinski definition) is 4. The van der Waals surface area contributed by atoms with Gasteiger partial charge >= 0.3 is 0 Å². The van der Waals surface area contributed by atoms with Crippen molar-refractivity contribution in [2.24, 2.45) is 5.73 Å². The molecule has 0 aliphatic carbocycles. The number of carbonyl (C=O) groups is 1. The Hall–Kier alpha value is -1.75. The molecule has 2 aliphatic heterocycles. The van der Waals surface area contributed by atoms with E-state index in [1.54, 1.807) is 7.11 Å². The first-order valence-electron chi connectivity index (χ1n) is 9.08. The molecular weight excluding hydrogens is 302 g/mol. The van der Waals surface area contributed by atoms with Gasteiger partial charge in [-0.05, 0) is 50.7 Å². The Morgan fingerprint density at radius 1 is 1.04 bits per heavy atom. The molecule has 3 rings (SSSR count). The molecule has 0 bridgehead atoms. The predicted molar refractivity (Wildman–Crippen MR) is 97.9 cm³/mol. The molecule has 1 aromatic rings. The van der Waals surface area contributed by atoms with E-state index in [0.29, 0.717) is 12.2 Å². The van der Waals surface area contributed by atoms with E-state index in [-0.39, 0.29) is 5.91 Å². The number of nitrogens with zero attached hydrogens (tertiary/aromatic N) is 2. The Morgan fingerprint density at radius 3 is 2.12 bits per heavy atom. The number of amides is 1. The van der Waals surface area contributed by atoms with Crippen LogP contribution in [0.1, 0.15) is 53.6 Å². The second-order valence-electron chi connectivity index (χ2n) is 6.94. The Bertz CT molecular complexity index is 603. The van der Waals surface area contributed by atoms with Crippen molar-refractivity contribution in [3.8, 4) is 0 Å². The Labute approximate surface area is 144 Å². The van der Waals surface area contributed by atoms with E-state index in [1.165, 1.54) is 43.4 Å². The highest BCUT2D eigenvalue weighted by molar-refractivity contribution is 6.01. The van der Waals surface area contributed by atoms with Gasteiger partial charge in [-0.2, -0.15) is 0 Å². The van der Waals surface area contributed by atoms with Crippen molar-refractivity contribution in [2.45, 2.75) is 45.6 Å². The lowest BCUT2D eigenvalue weighted by molar-refractivity contribution is 0.100. The van der Waals surface area contributed by atoms with Gasteiger partial charge < -0.3 is 20.3 Å². The maximum absolute atomic E-state index is 12.1. The van der Waals surface area contributed by atoms with Crippen molar-refractivity contribution < 1.29 is 9.53 Å². The number of benzene rings is 1. The minimum Gasteiger partial charge on any atom is -0.380 e. The first-order valence-corrected chi connectivity index (χ1v) is 9.08. The number of methoxy groups -OCH3 is 1. The number of primary amides is 1. The van der Waals surface area contributed by atoms with E-state index in [2.05, 4.69) is 16.7 Å². The SMILES string of the molecule is COCc1cc(C(N)=O)c(N2CCCC2)c(C)c1N1CCCCC1. The third-order valence-electron chi connectivity index (χ3n) is 5.25. The van der Waals surface area contributed by atoms with Crippen LogP contribution in [-0.4, -0.2) is 39.2 Å². The third kappa shape index (κ3) is 3.22. The number of nitrogens with two attached hydrogens (primary N) is 1. The average Bonchev–Trinajstić information content (AvgIpc) is 3.09. The molecule has 2 fully saturated rings. The van der Waals surface area contributed by atoms with E-state index < -0.39 is 0 Å². The lowest BCUT2D eigenvalue weighted by Crippen LogP contribution is -2.33. The normalized spacial score (nSPS) is 18.2. The van der Waals surface area contributed by atoms with E-state index in [0.717, 1.165) is 37.4 Å². The number of ether oxygens (including phenoxy) is 1. The molecule has 0 unspecified atom stereocenters. The van der Waals surface area contributed by atoms with Gasteiger partial charge in [-0.25, -0.2) is 0 Å². The van der Waals surface area contributed by atoms with Gasteiger partial charge in [0, 0.05) is 44.5 Å². The molecule has 1 amide bonds. The van der Waals surface area contributed by atoms with E-state index in [4.69, 9.17) is 10.5 Å². The molecular formula is C19H29N3O2. The number of anilines is 2. The van der Waals surface area contributed by atoms with Crippen LogP contribution in [-0.2, 0) is 11.3 Å². The van der Waals surface area contributed by atoms with Crippen molar-refractivity contribution in [3.05, 3.63) is 22.8 Å². The van der Waals surface area contributed by atoms with E-state index in [9.17, 15) is 4.79 Å². The highest BCUT2D eigenvalue weighted by atomic mass is 16.5. The van der Waals surface area contributed by atoms with Crippen LogP contribution in [0.3, 0.4) is 0 Å². The molecule has 0 spiro atoms. The van der Waals surface area contributed by atoms with Crippen LogP contribution in [0.25, 0.3) is 0 Å². The van der Waals surface area contributed by atoms with Gasteiger partial charge in [0.2, 0.25) is 0 Å². The molecule has 2 heterocycles. The second-order valence-corrected chi connectivity index (χ2v) is 6.94. The topological polar surface area (TPSA) is 58.8 Å². The number of rotatable bonds is 5. The van der Waals surface area contributed by atoms with Crippen LogP contribution < -0.4 is 15.5 Å². The van der Waals surface area contributed by atoms with Crippen LogP contribution in [0.15, 0.2) is 6.07 Å². The predicted octanol–water partition coefficient (Wildman–Crippen LogP) is 2.83. The fourth-order valence-electron chi connectivity index (χ4n) is 4.23. The summed E-state index contributed by atoms with van der Waals surface area (Å²) in [6.07, 6.45) is 6.10. The molecule has 24 heavy (non-hydrogen) atoms. The molecule has 132 valence electrons. The summed E-state index contributed by atoms with van der Waals surface area (Å²) in [4.78, 5) is 16.9. The molecule has 5 heteroatoms. The van der Waals surface area contributed by atoms with Crippen LogP contribution in [0.4, 0.5) is 11.4 Å². The quantitative estimate of drug-likeness (QED) is 0.901. The summed E-state index contributed by atoms with van der Waals surface area (Å²) in [7, 11) is 1.70. The van der Waals surface area contributed by atoms with Gasteiger partial charge in [-0.15, -0.1) is 0 Å². The first kappa shape index (κ1) is 17.1. The van der Waals surface area contributed by atoms with Gasteiger partial charge in [0.15, 0.2) is 0 Å². The maximum atomic E-state index is 12.1. The summed E-state index contributed by atoms with van der Waals surface area (Å²) in [6, 6.07) is 1.97. The van der Waals surface area contributed by atoms with Gasteiger partial charge in [-0.1, -0.05) is 0 Å². The molecule has 1 aromatic carbocycles. The molecule has 0 saturated carbocycles. The molecule has 2 saturated heterocycles. The Balaban J connectivity index is 2.13. The molecule has 5 nitrogen and oxygen atoms in total. The van der Waals surface area contributed by atoms with Gasteiger partial charge in [-0.3, -0.25) is 4.79 Å². The summed E-state index contributed by atoms with van der Waals surface area (Å²) >= 11 is 0. The Kier molecular flexibility index (Phi) is 5.29. The van der Waals surface area contributed by atoms with Gasteiger partial charge in [0.1, 0.15) is 0 Å². The van der Waals surface area contributed by atoms with Crippen LogP contribution in [0.5, 0.6) is 0 Å². The molecule has 0 atom stereocenters. The van der Waals surface area contributed by atoms with E-state index in [1.807, 2.05) is 6.07 Å². The largest absolute Gasteiger partial charge is 0.380 e. The highest BCUT2D eigenvalue weighted by Gasteiger charge is 2.27. The van der Waals surface area contributed by atoms with Crippen molar-refractivity contribution in [1.82, 2.24) is 0 Å². The summed E-state index contributed by atoms with van der Waals surface area (Å²) in [6.45, 7) is 6.81. The number of piperidine rings is 1. The average molecular weight is 331 g/mol. The lowest BCUT2D eigenvalue weighted by atomic mass is 9.96. The van der Waals surface area contributed by atoms with Crippen molar-refractivity contribution in [2.75, 3.05) is 43.1 Å². The van der Waals surface area contributed by atoms with Crippen LogP contribution >= 0.6 is 0 Å². The highest BCUT2D eigenvalue weighted by Crippen LogP contribution is 2.39. The minimum absolute atomic E-state index is 0.345. The summed E-state index contributed by atoms with van der Waals surface area (Å²) in [5, 5.41) is 0. The molecule has 0 radical (unpaired) electrons. The zero-order valence-electron chi connectivity index (χ0n) is 14.9. The first-order chi connectivity index (χ1) is 11.6. The fraction of sp³-hybridized carbons (Fsp3) is 0.632. The van der Waals surface area contributed by atoms with E-state index >= 15 is 0 Å². The van der Waals surface area contributed by atoms with Gasteiger partial charge in [0.25, 0.3) is 5.91 Å². The maximum Gasteiger partial charge on any atom is 0.250 e. The smallest absolute Gasteiger partial charge is 0.250 e.